The predicted octanol–water partition coefficient (Wildman–Crippen LogP) is 1.92. The fraction of sp³-hybridized carbons (Fsp3) is 0.389. The van der Waals surface area contributed by atoms with Crippen molar-refractivity contribution in [2.45, 2.75) is 13.0 Å². The molecule has 0 radical (unpaired) electrons. The number of likely N-dealkylation sites (N-methyl/N-ethyl adjacent to an activating group) is 1. The van der Waals surface area contributed by atoms with E-state index in [2.05, 4.69) is 20.5 Å². The lowest BCUT2D eigenvalue weighted by molar-refractivity contribution is -0.120. The summed E-state index contributed by atoms with van der Waals surface area (Å²) in [6, 6.07) is 5.81. The average molecular weight is 391 g/mol. The van der Waals surface area contributed by atoms with Crippen molar-refractivity contribution in [1.29, 1.82) is 0 Å². The van der Waals surface area contributed by atoms with Gasteiger partial charge < -0.3 is 15.1 Å². The van der Waals surface area contributed by atoms with E-state index in [1.807, 2.05) is 7.05 Å². The molecule has 1 aliphatic rings. The van der Waals surface area contributed by atoms with E-state index in [4.69, 9.17) is 0 Å². The second-order valence-corrected chi connectivity index (χ2v) is 7.30. The van der Waals surface area contributed by atoms with E-state index in [0.717, 1.165) is 18.7 Å². The summed E-state index contributed by atoms with van der Waals surface area (Å²) in [4.78, 5) is 32.5. The van der Waals surface area contributed by atoms with Crippen LogP contribution in [0, 0.1) is 5.82 Å². The third-order valence-electron chi connectivity index (χ3n) is 4.30. The van der Waals surface area contributed by atoms with Crippen LogP contribution in [0.2, 0.25) is 0 Å². The molecule has 3 rings (SSSR count). The highest BCUT2D eigenvalue weighted by atomic mass is 32.1. The molecule has 0 saturated carbocycles. The molecule has 1 saturated heterocycles. The van der Waals surface area contributed by atoms with E-state index >= 15 is 0 Å². The third kappa shape index (κ3) is 5.73. The molecule has 7 nitrogen and oxygen atoms in total. The number of anilines is 1. The van der Waals surface area contributed by atoms with Crippen LogP contribution >= 0.6 is 11.3 Å². The normalized spacial score (nSPS) is 14.8. The number of hydrogen-bond acceptors (Lipinski definition) is 5. The standard InChI is InChI=1S/C18H22FN5O2S/c1-23-6-8-24(9-7-23)18(26)22-17-21-15(12-27-17)10-16(25)20-11-13-2-4-14(19)5-3-13/h2-5,12H,6-11H2,1H3,(H,20,25)(H,21,22,26). The number of nitrogens with zero attached hydrogens (tertiary/aromatic N) is 3. The van der Waals surface area contributed by atoms with Crippen LogP contribution in [0.1, 0.15) is 11.3 Å². The molecule has 0 unspecified atom stereocenters. The fourth-order valence-corrected chi connectivity index (χ4v) is 3.36. The zero-order valence-corrected chi connectivity index (χ0v) is 15.9. The van der Waals surface area contributed by atoms with E-state index in [9.17, 15) is 14.0 Å². The van der Waals surface area contributed by atoms with E-state index in [0.29, 0.717) is 30.5 Å². The second kappa shape index (κ2) is 8.92. The molecule has 2 aromatic rings. The molecular formula is C18H22FN5O2S. The number of benzene rings is 1. The van der Waals surface area contributed by atoms with E-state index in [-0.39, 0.29) is 24.2 Å². The summed E-state index contributed by atoms with van der Waals surface area (Å²) in [6.45, 7) is 3.41. The maximum absolute atomic E-state index is 12.9. The van der Waals surface area contributed by atoms with Crippen molar-refractivity contribution in [1.82, 2.24) is 20.1 Å². The molecule has 2 N–H and O–H groups in total. The van der Waals surface area contributed by atoms with Crippen LogP contribution in [0.25, 0.3) is 0 Å². The minimum atomic E-state index is -0.307. The molecule has 144 valence electrons. The van der Waals surface area contributed by atoms with Gasteiger partial charge in [0.2, 0.25) is 5.91 Å². The van der Waals surface area contributed by atoms with Crippen molar-refractivity contribution in [3.63, 3.8) is 0 Å². The Kier molecular flexibility index (Phi) is 6.36. The lowest BCUT2D eigenvalue weighted by atomic mass is 10.2. The Morgan fingerprint density at radius 3 is 2.59 bits per heavy atom. The van der Waals surface area contributed by atoms with Crippen molar-refractivity contribution in [3.05, 3.63) is 46.7 Å². The predicted molar refractivity (Wildman–Crippen MR) is 102 cm³/mol. The number of hydrogen-bond donors (Lipinski definition) is 2. The van der Waals surface area contributed by atoms with Crippen LogP contribution in [-0.2, 0) is 17.8 Å². The monoisotopic (exact) mass is 391 g/mol. The van der Waals surface area contributed by atoms with Gasteiger partial charge in [-0.3, -0.25) is 10.1 Å². The van der Waals surface area contributed by atoms with Crippen molar-refractivity contribution < 1.29 is 14.0 Å². The summed E-state index contributed by atoms with van der Waals surface area (Å²) in [5, 5.41) is 7.82. The number of amides is 3. The first kappa shape index (κ1) is 19.2. The van der Waals surface area contributed by atoms with Crippen molar-refractivity contribution >= 4 is 28.4 Å². The highest BCUT2D eigenvalue weighted by Crippen LogP contribution is 2.17. The molecule has 1 fully saturated rings. The van der Waals surface area contributed by atoms with Gasteiger partial charge in [-0.2, -0.15) is 0 Å². The van der Waals surface area contributed by atoms with Crippen LogP contribution in [-0.4, -0.2) is 59.9 Å². The summed E-state index contributed by atoms with van der Waals surface area (Å²) in [6.07, 6.45) is 0.127. The van der Waals surface area contributed by atoms with Gasteiger partial charge in [0.1, 0.15) is 5.82 Å². The molecule has 9 heteroatoms. The number of piperazine rings is 1. The topological polar surface area (TPSA) is 77.6 Å². The minimum Gasteiger partial charge on any atom is -0.352 e. The first-order chi connectivity index (χ1) is 13.0. The van der Waals surface area contributed by atoms with Gasteiger partial charge in [-0.25, -0.2) is 14.2 Å². The largest absolute Gasteiger partial charge is 0.352 e. The van der Waals surface area contributed by atoms with Crippen LogP contribution in [0.15, 0.2) is 29.6 Å². The zero-order valence-electron chi connectivity index (χ0n) is 15.1. The van der Waals surface area contributed by atoms with Crippen LogP contribution in [0.5, 0.6) is 0 Å². The average Bonchev–Trinajstić information content (AvgIpc) is 3.08. The SMILES string of the molecule is CN1CCN(C(=O)Nc2nc(CC(=O)NCc3ccc(F)cc3)cs2)CC1. The number of nitrogens with one attached hydrogen (secondary N) is 2. The van der Waals surface area contributed by atoms with E-state index in [1.54, 1.807) is 22.4 Å². The van der Waals surface area contributed by atoms with E-state index < -0.39 is 0 Å². The summed E-state index contributed by atoms with van der Waals surface area (Å²) in [5.41, 5.74) is 1.42. The summed E-state index contributed by atoms with van der Waals surface area (Å²) < 4.78 is 12.9. The number of carbonyl (C=O) groups excluding carboxylic acids is 2. The van der Waals surface area contributed by atoms with Gasteiger partial charge in [0.25, 0.3) is 0 Å². The maximum atomic E-state index is 12.9. The summed E-state index contributed by atoms with van der Waals surface area (Å²) >= 11 is 1.30. The van der Waals surface area contributed by atoms with Crippen molar-refractivity contribution in [2.24, 2.45) is 0 Å². The Morgan fingerprint density at radius 2 is 1.89 bits per heavy atom. The molecule has 27 heavy (non-hydrogen) atoms. The lowest BCUT2D eigenvalue weighted by Crippen LogP contribution is -2.48. The van der Waals surface area contributed by atoms with Crippen LogP contribution in [0.4, 0.5) is 14.3 Å². The summed E-state index contributed by atoms with van der Waals surface area (Å²) in [5.74, 6) is -0.486. The Bertz CT molecular complexity index is 787. The van der Waals surface area contributed by atoms with E-state index in [1.165, 1.54) is 23.5 Å². The number of carbonyl (C=O) groups is 2. The number of aromatic nitrogens is 1. The van der Waals surface area contributed by atoms with Crippen molar-refractivity contribution in [3.8, 4) is 0 Å². The molecule has 0 bridgehead atoms. The first-order valence-corrected chi connectivity index (χ1v) is 9.57. The number of urea groups is 1. The number of rotatable bonds is 5. The number of halogens is 1. The van der Waals surface area contributed by atoms with Gasteiger partial charge in [0, 0.05) is 38.1 Å². The van der Waals surface area contributed by atoms with Gasteiger partial charge >= 0.3 is 6.03 Å². The smallest absolute Gasteiger partial charge is 0.323 e. The third-order valence-corrected chi connectivity index (χ3v) is 5.11. The Labute approximate surface area is 161 Å². The molecule has 0 atom stereocenters. The van der Waals surface area contributed by atoms with Crippen LogP contribution < -0.4 is 10.6 Å². The summed E-state index contributed by atoms with van der Waals surface area (Å²) in [7, 11) is 2.03. The molecule has 0 spiro atoms. The Balaban J connectivity index is 1.45. The Morgan fingerprint density at radius 1 is 1.19 bits per heavy atom. The molecule has 1 aliphatic heterocycles. The molecular weight excluding hydrogens is 369 g/mol. The van der Waals surface area contributed by atoms with Gasteiger partial charge in [0.15, 0.2) is 5.13 Å². The molecule has 3 amide bonds. The minimum absolute atomic E-state index is 0.127. The quantitative estimate of drug-likeness (QED) is 0.816. The maximum Gasteiger partial charge on any atom is 0.323 e. The molecule has 1 aromatic heterocycles. The van der Waals surface area contributed by atoms with Gasteiger partial charge in [-0.1, -0.05) is 12.1 Å². The zero-order chi connectivity index (χ0) is 19.2. The van der Waals surface area contributed by atoms with Gasteiger partial charge in [0.05, 0.1) is 12.1 Å². The molecule has 2 heterocycles. The van der Waals surface area contributed by atoms with Crippen molar-refractivity contribution in [2.75, 3.05) is 38.5 Å². The highest BCUT2D eigenvalue weighted by molar-refractivity contribution is 7.13. The molecule has 0 aliphatic carbocycles. The van der Waals surface area contributed by atoms with Crippen LogP contribution in [0.3, 0.4) is 0 Å². The van der Waals surface area contributed by atoms with Gasteiger partial charge in [-0.05, 0) is 24.7 Å². The first-order valence-electron chi connectivity index (χ1n) is 8.69. The Hall–Kier alpha value is -2.52. The fourth-order valence-electron chi connectivity index (χ4n) is 2.66. The van der Waals surface area contributed by atoms with Gasteiger partial charge in [-0.15, -0.1) is 11.3 Å². The lowest BCUT2D eigenvalue weighted by Gasteiger charge is -2.32. The highest BCUT2D eigenvalue weighted by Gasteiger charge is 2.20. The number of thiazole rings is 1. The second-order valence-electron chi connectivity index (χ2n) is 6.44. The molecule has 1 aromatic carbocycles.